The Morgan fingerprint density at radius 3 is 2.50 bits per heavy atom. The van der Waals surface area contributed by atoms with E-state index in [9.17, 15) is 9.59 Å². The summed E-state index contributed by atoms with van der Waals surface area (Å²) in [6, 6.07) is 16.0. The number of hydrazine groups is 1. The van der Waals surface area contributed by atoms with Gasteiger partial charge >= 0.3 is 0 Å². The Morgan fingerprint density at radius 1 is 1.12 bits per heavy atom. The third kappa shape index (κ3) is 3.51. The van der Waals surface area contributed by atoms with Crippen molar-refractivity contribution in [3.8, 4) is 0 Å². The molecule has 0 atom stereocenters. The number of carbonyl (C=O) groups is 2. The maximum Gasteiger partial charge on any atom is 0.285 e. The minimum Gasteiger partial charge on any atom is -0.267 e. The van der Waals surface area contributed by atoms with Crippen molar-refractivity contribution in [2.75, 3.05) is 0 Å². The van der Waals surface area contributed by atoms with Gasteiger partial charge in [0.2, 0.25) is 0 Å². The molecule has 0 radical (unpaired) electrons. The van der Waals surface area contributed by atoms with Gasteiger partial charge in [0.15, 0.2) is 4.32 Å². The van der Waals surface area contributed by atoms with Crippen LogP contribution in [0, 0.1) is 0 Å². The molecule has 1 fully saturated rings. The van der Waals surface area contributed by atoms with E-state index in [4.69, 9.17) is 23.8 Å². The van der Waals surface area contributed by atoms with Gasteiger partial charge in [-0.1, -0.05) is 65.8 Å². The van der Waals surface area contributed by atoms with Gasteiger partial charge in [-0.2, -0.15) is 5.01 Å². The lowest BCUT2D eigenvalue weighted by Gasteiger charge is -2.16. The fourth-order valence-electron chi connectivity index (χ4n) is 2.07. The molecule has 2 aromatic carbocycles. The Balaban J connectivity index is 1.79. The second-order valence-electron chi connectivity index (χ2n) is 4.85. The zero-order chi connectivity index (χ0) is 17.1. The molecule has 1 aliphatic rings. The highest BCUT2D eigenvalue weighted by molar-refractivity contribution is 8.26. The zero-order valence-electron chi connectivity index (χ0n) is 12.2. The van der Waals surface area contributed by atoms with E-state index >= 15 is 0 Å². The molecular weight excluding hydrogens is 364 g/mol. The fraction of sp³-hybridized carbons (Fsp3) is 0. The number of rotatable bonds is 3. The van der Waals surface area contributed by atoms with E-state index in [-0.39, 0.29) is 15.8 Å². The molecule has 1 N–H and O–H groups in total. The van der Waals surface area contributed by atoms with Crippen LogP contribution in [-0.4, -0.2) is 21.1 Å². The van der Waals surface area contributed by atoms with E-state index in [2.05, 4.69) is 5.43 Å². The summed E-state index contributed by atoms with van der Waals surface area (Å²) in [7, 11) is 0. The Kier molecular flexibility index (Phi) is 4.99. The van der Waals surface area contributed by atoms with E-state index in [1.165, 1.54) is 0 Å². The largest absolute Gasteiger partial charge is 0.285 e. The molecule has 0 unspecified atom stereocenters. The van der Waals surface area contributed by atoms with Gasteiger partial charge in [-0.15, -0.1) is 0 Å². The van der Waals surface area contributed by atoms with Crippen LogP contribution in [0.3, 0.4) is 0 Å². The van der Waals surface area contributed by atoms with Crippen LogP contribution < -0.4 is 5.43 Å². The molecule has 0 spiro atoms. The molecule has 0 aliphatic carbocycles. The smallest absolute Gasteiger partial charge is 0.267 e. The highest BCUT2D eigenvalue weighted by atomic mass is 35.5. The zero-order valence-corrected chi connectivity index (χ0v) is 14.6. The van der Waals surface area contributed by atoms with Crippen molar-refractivity contribution in [3.63, 3.8) is 0 Å². The molecule has 2 amide bonds. The first-order valence-corrected chi connectivity index (χ1v) is 8.55. The predicted molar refractivity (Wildman–Crippen MR) is 100 cm³/mol. The van der Waals surface area contributed by atoms with Crippen LogP contribution in [0.25, 0.3) is 6.08 Å². The number of benzene rings is 2. The van der Waals surface area contributed by atoms with Gasteiger partial charge in [0.1, 0.15) is 0 Å². The first kappa shape index (κ1) is 16.7. The first-order valence-electron chi connectivity index (χ1n) is 6.95. The average Bonchev–Trinajstić information content (AvgIpc) is 2.83. The summed E-state index contributed by atoms with van der Waals surface area (Å²) in [5.41, 5.74) is 3.67. The summed E-state index contributed by atoms with van der Waals surface area (Å²) in [5, 5.41) is 1.38. The van der Waals surface area contributed by atoms with E-state index < -0.39 is 5.91 Å². The highest BCUT2D eigenvalue weighted by Crippen LogP contribution is 2.31. The molecule has 1 saturated heterocycles. The fourth-order valence-corrected chi connectivity index (χ4v) is 3.47. The molecule has 0 aromatic heterocycles. The third-order valence-corrected chi connectivity index (χ3v) is 4.85. The molecule has 24 heavy (non-hydrogen) atoms. The van der Waals surface area contributed by atoms with Crippen molar-refractivity contribution in [1.29, 1.82) is 0 Å². The van der Waals surface area contributed by atoms with Crippen LogP contribution in [0.5, 0.6) is 0 Å². The van der Waals surface area contributed by atoms with Gasteiger partial charge in [-0.3, -0.25) is 15.0 Å². The normalized spacial score (nSPS) is 15.9. The number of hydrogen-bond donors (Lipinski definition) is 1. The molecule has 0 saturated carbocycles. The van der Waals surface area contributed by atoms with Crippen LogP contribution >= 0.6 is 35.6 Å². The van der Waals surface area contributed by atoms with Gasteiger partial charge in [0, 0.05) is 0 Å². The summed E-state index contributed by atoms with van der Waals surface area (Å²) >= 11 is 12.3. The van der Waals surface area contributed by atoms with Crippen LogP contribution in [0.15, 0.2) is 59.5 Å². The maximum absolute atomic E-state index is 12.5. The maximum atomic E-state index is 12.5. The third-order valence-electron chi connectivity index (χ3n) is 3.22. The molecule has 120 valence electrons. The summed E-state index contributed by atoms with van der Waals surface area (Å²) in [5.74, 6) is -0.855. The van der Waals surface area contributed by atoms with E-state index in [1.54, 1.807) is 30.3 Å². The molecule has 1 aliphatic heterocycles. The quantitative estimate of drug-likeness (QED) is 0.654. The standard InChI is InChI=1S/C17H11ClN2O2S2/c18-13-9-5-4-8-12(13)15(21)19-20-16(22)14(24-17(20)23)10-11-6-2-1-3-7-11/h1-10H,(H,19,21)/b14-10+. The molecule has 4 nitrogen and oxygen atoms in total. The number of halogens is 1. The number of hydrogen-bond acceptors (Lipinski definition) is 4. The van der Waals surface area contributed by atoms with E-state index in [1.807, 2.05) is 30.3 Å². The van der Waals surface area contributed by atoms with Gasteiger partial charge in [0.25, 0.3) is 11.8 Å². The van der Waals surface area contributed by atoms with E-state index in [0.29, 0.717) is 9.93 Å². The van der Waals surface area contributed by atoms with Crippen LogP contribution in [0.4, 0.5) is 0 Å². The lowest BCUT2D eigenvalue weighted by molar-refractivity contribution is -0.123. The topological polar surface area (TPSA) is 49.4 Å². The molecule has 3 rings (SSSR count). The molecule has 0 bridgehead atoms. The Labute approximate surface area is 153 Å². The SMILES string of the molecule is O=C(NN1C(=O)/C(=C\c2ccccc2)SC1=S)c1ccccc1Cl. The highest BCUT2D eigenvalue weighted by Gasteiger charge is 2.34. The van der Waals surface area contributed by atoms with E-state index in [0.717, 1.165) is 22.3 Å². The van der Waals surface area contributed by atoms with Gasteiger partial charge in [0.05, 0.1) is 15.5 Å². The minimum atomic E-state index is -0.488. The number of nitrogens with zero attached hydrogens (tertiary/aromatic N) is 1. The number of thiocarbonyl (C=S) groups is 1. The number of amides is 2. The van der Waals surface area contributed by atoms with Crippen LogP contribution in [0.1, 0.15) is 15.9 Å². The van der Waals surface area contributed by atoms with Crippen molar-refractivity contribution in [3.05, 3.63) is 75.7 Å². The second kappa shape index (κ2) is 7.17. The summed E-state index contributed by atoms with van der Waals surface area (Å²) in [4.78, 5) is 25.2. The van der Waals surface area contributed by atoms with Crippen molar-refractivity contribution >= 4 is 57.8 Å². The van der Waals surface area contributed by atoms with Crippen molar-refractivity contribution < 1.29 is 9.59 Å². The summed E-state index contributed by atoms with van der Waals surface area (Å²) in [6.07, 6.45) is 1.74. The molecule has 2 aromatic rings. The Hall–Kier alpha value is -2.15. The van der Waals surface area contributed by atoms with Crippen LogP contribution in [-0.2, 0) is 4.79 Å². The van der Waals surface area contributed by atoms with Gasteiger partial charge < -0.3 is 0 Å². The molecule has 7 heteroatoms. The summed E-state index contributed by atoms with van der Waals surface area (Å²) < 4.78 is 0.266. The average molecular weight is 375 g/mol. The van der Waals surface area contributed by atoms with Crippen molar-refractivity contribution in [2.45, 2.75) is 0 Å². The second-order valence-corrected chi connectivity index (χ2v) is 6.93. The van der Waals surface area contributed by atoms with Crippen molar-refractivity contribution in [1.82, 2.24) is 10.4 Å². The predicted octanol–water partition coefficient (Wildman–Crippen LogP) is 3.89. The monoisotopic (exact) mass is 374 g/mol. The Bertz CT molecular complexity index is 853. The number of carbonyl (C=O) groups excluding carboxylic acids is 2. The summed E-state index contributed by atoms with van der Waals surface area (Å²) in [6.45, 7) is 0. The van der Waals surface area contributed by atoms with Gasteiger partial charge in [-0.05, 0) is 36.0 Å². The number of thioether (sulfide) groups is 1. The lowest BCUT2D eigenvalue weighted by Crippen LogP contribution is -2.44. The number of nitrogens with one attached hydrogen (secondary N) is 1. The van der Waals surface area contributed by atoms with Crippen molar-refractivity contribution in [2.24, 2.45) is 0 Å². The molecule has 1 heterocycles. The molecular formula is C17H11ClN2O2S2. The minimum absolute atomic E-state index is 0.266. The Morgan fingerprint density at radius 2 is 1.79 bits per heavy atom. The first-order chi connectivity index (χ1) is 11.6. The lowest BCUT2D eigenvalue weighted by atomic mass is 10.2. The van der Waals surface area contributed by atoms with Crippen LogP contribution in [0.2, 0.25) is 5.02 Å². The van der Waals surface area contributed by atoms with Gasteiger partial charge in [-0.25, -0.2) is 0 Å².